The number of rotatable bonds is 5. The first kappa shape index (κ1) is 21.6. The van der Waals surface area contributed by atoms with E-state index in [9.17, 15) is 13.2 Å². The number of sulfonamides is 1. The molecule has 2 aromatic rings. The zero-order chi connectivity index (χ0) is 18.6. The van der Waals surface area contributed by atoms with Crippen molar-refractivity contribution in [3.8, 4) is 0 Å². The van der Waals surface area contributed by atoms with Crippen LogP contribution in [-0.2, 0) is 21.4 Å². The number of nitrogens with zero attached hydrogens (tertiary/aromatic N) is 2. The Morgan fingerprint density at radius 3 is 2.52 bits per heavy atom. The third kappa shape index (κ3) is 5.41. The van der Waals surface area contributed by atoms with Crippen LogP contribution in [0, 0.1) is 5.41 Å². The number of carbonyl (C=O) groups excluding carboxylic acids is 1. The van der Waals surface area contributed by atoms with Crippen LogP contribution in [0.3, 0.4) is 0 Å². The molecule has 1 aromatic carbocycles. The van der Waals surface area contributed by atoms with Crippen LogP contribution < -0.4 is 22.5 Å². The molecule has 0 atom stereocenters. The van der Waals surface area contributed by atoms with Crippen LogP contribution in [0.4, 0.5) is 5.69 Å². The minimum atomic E-state index is -3.55. The third-order valence-electron chi connectivity index (χ3n) is 4.32. The number of anilines is 1. The lowest BCUT2D eigenvalue weighted by Gasteiger charge is -2.20. The van der Waals surface area contributed by atoms with Crippen molar-refractivity contribution in [2.75, 3.05) is 18.4 Å². The molecular weight excluding hydrogens is 408 g/mol. The minimum absolute atomic E-state index is 0. The normalized spacial score (nSPS) is 15.6. The highest BCUT2D eigenvalue weighted by Crippen LogP contribution is 2.22. The monoisotopic (exact) mass is 429 g/mol. The summed E-state index contributed by atoms with van der Waals surface area (Å²) in [7, 11) is -3.55. The SMILES string of the molecule is N=c1sccn1CC(=O)Nc1cccc(S(=O)(=O)N2CCCCCC2)c1.[Cl-]. The number of aromatic nitrogens is 1. The number of carbonyl (C=O) groups is 1. The summed E-state index contributed by atoms with van der Waals surface area (Å²) in [6.45, 7) is 1.10. The van der Waals surface area contributed by atoms with Gasteiger partial charge in [0.25, 0.3) is 0 Å². The molecule has 1 amide bonds. The highest BCUT2D eigenvalue weighted by Gasteiger charge is 2.25. The predicted molar refractivity (Wildman–Crippen MR) is 100 cm³/mol. The summed E-state index contributed by atoms with van der Waals surface area (Å²) in [4.78, 5) is 12.7. The molecule has 1 aliphatic heterocycles. The summed E-state index contributed by atoms with van der Waals surface area (Å²) in [5.74, 6) is -0.300. The number of hydrogen-bond donors (Lipinski definition) is 2. The number of halogens is 1. The van der Waals surface area contributed by atoms with E-state index >= 15 is 0 Å². The second-order valence-corrected chi connectivity index (χ2v) is 9.06. The topological polar surface area (TPSA) is 95.3 Å². The van der Waals surface area contributed by atoms with Gasteiger partial charge in [-0.05, 0) is 31.0 Å². The van der Waals surface area contributed by atoms with Gasteiger partial charge < -0.3 is 22.3 Å². The Kier molecular flexibility index (Phi) is 7.60. The van der Waals surface area contributed by atoms with E-state index in [0.717, 1.165) is 25.7 Å². The Bertz CT molecular complexity index is 931. The quantitative estimate of drug-likeness (QED) is 0.653. The van der Waals surface area contributed by atoms with Gasteiger partial charge in [0.1, 0.15) is 6.54 Å². The van der Waals surface area contributed by atoms with Gasteiger partial charge in [0.15, 0.2) is 4.80 Å². The standard InChI is InChI=1S/C17H22N4O3S2.ClH/c18-17-20(10-11-25-17)13-16(22)19-14-6-5-7-15(12-14)26(23,24)21-8-3-1-2-4-9-21;/h5-7,10-12,18H,1-4,8-9,13H2,(H,19,22);1H/p-1. The van der Waals surface area contributed by atoms with Crippen LogP contribution in [0.25, 0.3) is 0 Å². The maximum atomic E-state index is 12.9. The fraction of sp³-hybridized carbons (Fsp3) is 0.412. The average molecular weight is 430 g/mol. The van der Waals surface area contributed by atoms with E-state index in [0.29, 0.717) is 18.8 Å². The van der Waals surface area contributed by atoms with Crippen molar-refractivity contribution in [3.63, 3.8) is 0 Å². The van der Waals surface area contributed by atoms with E-state index in [1.54, 1.807) is 29.8 Å². The number of nitrogens with one attached hydrogen (secondary N) is 2. The second-order valence-electron chi connectivity index (χ2n) is 6.23. The van der Waals surface area contributed by atoms with E-state index in [-0.39, 0.29) is 34.6 Å². The van der Waals surface area contributed by atoms with Crippen LogP contribution in [-0.4, -0.2) is 36.3 Å². The van der Waals surface area contributed by atoms with Gasteiger partial charge in [-0.15, -0.1) is 11.3 Å². The summed E-state index contributed by atoms with van der Waals surface area (Å²) in [5, 5.41) is 12.1. The molecule has 1 saturated heterocycles. The molecule has 3 rings (SSSR count). The van der Waals surface area contributed by atoms with Crippen molar-refractivity contribution >= 4 is 33.0 Å². The van der Waals surface area contributed by atoms with Gasteiger partial charge in [-0.3, -0.25) is 10.2 Å². The summed E-state index contributed by atoms with van der Waals surface area (Å²) in [5.41, 5.74) is 0.438. The van der Waals surface area contributed by atoms with Crippen LogP contribution in [0.5, 0.6) is 0 Å². The fourth-order valence-corrected chi connectivity index (χ4v) is 5.11. The molecule has 1 aliphatic rings. The molecule has 0 aliphatic carbocycles. The molecule has 1 fully saturated rings. The Balaban J connectivity index is 0.00000261. The van der Waals surface area contributed by atoms with Crippen LogP contribution in [0.2, 0.25) is 0 Å². The molecule has 2 N–H and O–H groups in total. The van der Waals surface area contributed by atoms with Gasteiger partial charge in [0.05, 0.1) is 4.90 Å². The Morgan fingerprint density at radius 2 is 1.89 bits per heavy atom. The lowest BCUT2D eigenvalue weighted by molar-refractivity contribution is -0.116. The summed E-state index contributed by atoms with van der Waals surface area (Å²) >= 11 is 1.24. The molecule has 148 valence electrons. The first-order chi connectivity index (χ1) is 12.5. The average Bonchev–Trinajstić information content (AvgIpc) is 2.86. The van der Waals surface area contributed by atoms with E-state index < -0.39 is 10.0 Å². The smallest absolute Gasteiger partial charge is 0.244 e. The first-order valence-corrected chi connectivity index (χ1v) is 10.9. The molecule has 0 unspecified atom stereocenters. The van der Waals surface area contributed by atoms with Crippen LogP contribution in [0.1, 0.15) is 25.7 Å². The number of thiazole rings is 1. The minimum Gasteiger partial charge on any atom is -1.00 e. The molecule has 27 heavy (non-hydrogen) atoms. The van der Waals surface area contributed by atoms with Gasteiger partial charge in [-0.2, -0.15) is 4.31 Å². The van der Waals surface area contributed by atoms with Crippen molar-refractivity contribution < 1.29 is 25.6 Å². The molecule has 10 heteroatoms. The molecule has 0 radical (unpaired) electrons. The van der Waals surface area contributed by atoms with E-state index in [4.69, 9.17) is 5.41 Å². The van der Waals surface area contributed by atoms with Crippen molar-refractivity contribution in [1.82, 2.24) is 8.87 Å². The van der Waals surface area contributed by atoms with Gasteiger partial charge in [-0.25, -0.2) is 8.42 Å². The van der Waals surface area contributed by atoms with E-state index in [2.05, 4.69) is 5.32 Å². The zero-order valence-corrected chi connectivity index (χ0v) is 17.1. The number of amides is 1. The van der Waals surface area contributed by atoms with Crippen LogP contribution in [0.15, 0.2) is 40.7 Å². The van der Waals surface area contributed by atoms with Gasteiger partial charge in [0.2, 0.25) is 15.9 Å². The molecule has 0 bridgehead atoms. The van der Waals surface area contributed by atoms with E-state index in [1.165, 1.54) is 26.3 Å². The van der Waals surface area contributed by atoms with Gasteiger partial charge >= 0.3 is 0 Å². The molecule has 1 aromatic heterocycles. The van der Waals surface area contributed by atoms with E-state index in [1.807, 2.05) is 0 Å². The molecule has 0 saturated carbocycles. The Labute approximate surface area is 169 Å². The predicted octanol–water partition coefficient (Wildman–Crippen LogP) is -0.764. The molecule has 7 nitrogen and oxygen atoms in total. The lowest BCUT2D eigenvalue weighted by Crippen LogP contribution is -3.00. The number of hydrogen-bond acceptors (Lipinski definition) is 5. The van der Waals surface area contributed by atoms with Crippen molar-refractivity contribution in [2.45, 2.75) is 37.1 Å². The second kappa shape index (κ2) is 9.50. The molecular formula is C17H22ClN4O3S2-. The maximum Gasteiger partial charge on any atom is 0.244 e. The summed E-state index contributed by atoms with van der Waals surface area (Å²) in [6, 6.07) is 6.36. The molecule has 2 heterocycles. The third-order valence-corrected chi connectivity index (χ3v) is 6.93. The molecule has 0 spiro atoms. The summed E-state index contributed by atoms with van der Waals surface area (Å²) in [6.07, 6.45) is 5.54. The fourth-order valence-electron chi connectivity index (χ4n) is 2.95. The van der Waals surface area contributed by atoms with Gasteiger partial charge in [0, 0.05) is 30.4 Å². The maximum absolute atomic E-state index is 12.9. The van der Waals surface area contributed by atoms with Crippen LogP contribution >= 0.6 is 11.3 Å². The van der Waals surface area contributed by atoms with Crippen molar-refractivity contribution in [2.24, 2.45) is 0 Å². The van der Waals surface area contributed by atoms with Gasteiger partial charge in [-0.1, -0.05) is 18.9 Å². The lowest BCUT2D eigenvalue weighted by atomic mass is 10.2. The Morgan fingerprint density at radius 1 is 1.19 bits per heavy atom. The Hall–Kier alpha value is -1.68. The first-order valence-electron chi connectivity index (χ1n) is 8.55. The number of benzene rings is 1. The highest BCUT2D eigenvalue weighted by atomic mass is 35.5. The van der Waals surface area contributed by atoms with Crippen molar-refractivity contribution in [1.29, 1.82) is 5.41 Å². The summed E-state index contributed by atoms with van der Waals surface area (Å²) < 4.78 is 28.8. The highest BCUT2D eigenvalue weighted by molar-refractivity contribution is 7.89. The largest absolute Gasteiger partial charge is 1.00 e. The zero-order valence-electron chi connectivity index (χ0n) is 14.7. The van der Waals surface area contributed by atoms with Crippen molar-refractivity contribution in [3.05, 3.63) is 40.6 Å².